The Morgan fingerprint density at radius 3 is 2.71 bits per heavy atom. The Bertz CT molecular complexity index is 745. The van der Waals surface area contributed by atoms with E-state index >= 15 is 0 Å². The number of amides is 1. The molecule has 28 heavy (non-hydrogen) atoms. The zero-order valence-corrected chi connectivity index (χ0v) is 16.5. The summed E-state index contributed by atoms with van der Waals surface area (Å²) in [6, 6.07) is 7.81. The summed E-state index contributed by atoms with van der Waals surface area (Å²) in [7, 11) is 1.66. The zero-order chi connectivity index (χ0) is 19.4. The lowest BCUT2D eigenvalue weighted by Crippen LogP contribution is -2.52. The molecule has 6 heteroatoms. The van der Waals surface area contributed by atoms with Gasteiger partial charge in [-0.2, -0.15) is 0 Å². The van der Waals surface area contributed by atoms with Crippen LogP contribution in [-0.2, 0) is 9.53 Å². The average molecular weight is 386 g/mol. The molecule has 6 nitrogen and oxygen atoms in total. The summed E-state index contributed by atoms with van der Waals surface area (Å²) < 4.78 is 11.6. The first-order chi connectivity index (χ1) is 13.6. The van der Waals surface area contributed by atoms with Crippen molar-refractivity contribution in [2.75, 3.05) is 32.1 Å². The molecule has 4 atom stereocenters. The minimum absolute atomic E-state index is 0.161. The highest BCUT2D eigenvalue weighted by atomic mass is 16.5. The maximum atomic E-state index is 13.7. The summed E-state index contributed by atoms with van der Waals surface area (Å²) in [6.07, 6.45) is 6.06. The van der Waals surface area contributed by atoms with Crippen molar-refractivity contribution in [3.05, 3.63) is 24.3 Å². The van der Waals surface area contributed by atoms with Crippen LogP contribution in [0.2, 0.25) is 0 Å². The van der Waals surface area contributed by atoms with Crippen molar-refractivity contribution >= 4 is 11.6 Å². The van der Waals surface area contributed by atoms with E-state index in [1.165, 1.54) is 0 Å². The standard InChI is InChI=1S/C22H30N2O4/c1-27-16-6-4-15(5-7-16)23-21(9-2-3-10-21)20(26)24-12-18-17(13-25)19-8-11-22(18,14-24)28-19/h4-7,17-19,23,25H,2-3,8-14H2,1H3/t17-,18+,19+,22+/m1/s1. The van der Waals surface area contributed by atoms with Gasteiger partial charge in [-0.3, -0.25) is 4.79 Å². The van der Waals surface area contributed by atoms with Crippen LogP contribution in [0.25, 0.3) is 0 Å². The highest BCUT2D eigenvalue weighted by Crippen LogP contribution is 2.55. The van der Waals surface area contributed by atoms with Gasteiger partial charge in [0, 0.05) is 30.7 Å². The molecular weight excluding hydrogens is 356 g/mol. The van der Waals surface area contributed by atoms with Gasteiger partial charge in [-0.1, -0.05) is 12.8 Å². The van der Waals surface area contributed by atoms with Crippen LogP contribution in [0.4, 0.5) is 5.69 Å². The molecule has 3 aliphatic heterocycles. The zero-order valence-electron chi connectivity index (χ0n) is 16.5. The van der Waals surface area contributed by atoms with E-state index in [1.807, 2.05) is 29.2 Å². The lowest BCUT2D eigenvalue weighted by atomic mass is 9.74. The molecule has 4 aliphatic rings. The molecular formula is C22H30N2O4. The highest BCUT2D eigenvalue weighted by Gasteiger charge is 2.64. The molecule has 1 spiro atoms. The van der Waals surface area contributed by atoms with E-state index in [1.54, 1.807) is 7.11 Å². The van der Waals surface area contributed by atoms with Gasteiger partial charge in [0.2, 0.25) is 5.91 Å². The molecule has 1 aromatic carbocycles. The number of benzene rings is 1. The van der Waals surface area contributed by atoms with E-state index in [2.05, 4.69) is 5.32 Å². The Kier molecular flexibility index (Phi) is 4.32. The molecule has 1 amide bonds. The maximum absolute atomic E-state index is 13.7. The number of rotatable bonds is 5. The molecule has 1 aromatic rings. The van der Waals surface area contributed by atoms with Gasteiger partial charge in [0.1, 0.15) is 11.3 Å². The molecule has 3 saturated heterocycles. The molecule has 5 rings (SSSR count). The van der Waals surface area contributed by atoms with Crippen LogP contribution in [0, 0.1) is 11.8 Å². The smallest absolute Gasteiger partial charge is 0.248 e. The number of hydrogen-bond acceptors (Lipinski definition) is 5. The number of ether oxygens (including phenoxy) is 2. The van der Waals surface area contributed by atoms with Gasteiger partial charge in [-0.15, -0.1) is 0 Å². The van der Waals surface area contributed by atoms with Crippen LogP contribution >= 0.6 is 0 Å². The number of nitrogens with zero attached hydrogens (tertiary/aromatic N) is 1. The lowest BCUT2D eigenvalue weighted by molar-refractivity contribution is -0.136. The second kappa shape index (κ2) is 6.63. The summed E-state index contributed by atoms with van der Waals surface area (Å²) in [5.74, 6) is 1.47. The molecule has 152 valence electrons. The van der Waals surface area contributed by atoms with Crippen LogP contribution in [0.3, 0.4) is 0 Å². The van der Waals surface area contributed by atoms with Crippen molar-refractivity contribution < 1.29 is 19.4 Å². The fourth-order valence-corrected chi connectivity index (χ4v) is 6.21. The van der Waals surface area contributed by atoms with Crippen molar-refractivity contribution in [3.63, 3.8) is 0 Å². The first kappa shape index (κ1) is 18.3. The van der Waals surface area contributed by atoms with Crippen molar-refractivity contribution in [2.45, 2.75) is 55.8 Å². The maximum Gasteiger partial charge on any atom is 0.248 e. The van der Waals surface area contributed by atoms with Gasteiger partial charge < -0.3 is 24.8 Å². The minimum Gasteiger partial charge on any atom is -0.497 e. The van der Waals surface area contributed by atoms with Gasteiger partial charge >= 0.3 is 0 Å². The van der Waals surface area contributed by atoms with Crippen LogP contribution in [0.5, 0.6) is 5.75 Å². The largest absolute Gasteiger partial charge is 0.497 e. The van der Waals surface area contributed by atoms with E-state index in [-0.39, 0.29) is 36.1 Å². The Hall–Kier alpha value is -1.79. The summed E-state index contributed by atoms with van der Waals surface area (Å²) in [5, 5.41) is 13.4. The van der Waals surface area contributed by atoms with Gasteiger partial charge in [-0.05, 0) is 49.9 Å². The average Bonchev–Trinajstić information content (AvgIpc) is 3.48. The quantitative estimate of drug-likeness (QED) is 0.813. The fourth-order valence-electron chi connectivity index (χ4n) is 6.21. The first-order valence-electron chi connectivity index (χ1n) is 10.6. The number of hydrogen-bond donors (Lipinski definition) is 2. The Morgan fingerprint density at radius 1 is 1.29 bits per heavy atom. The third-order valence-corrected chi connectivity index (χ3v) is 7.62. The molecule has 0 aromatic heterocycles. The Morgan fingerprint density at radius 2 is 2.04 bits per heavy atom. The van der Waals surface area contributed by atoms with Gasteiger partial charge in [0.15, 0.2) is 0 Å². The predicted octanol–water partition coefficient (Wildman–Crippen LogP) is 2.42. The monoisotopic (exact) mass is 386 g/mol. The molecule has 2 bridgehead atoms. The van der Waals surface area contributed by atoms with Crippen LogP contribution in [0.1, 0.15) is 38.5 Å². The minimum atomic E-state index is -0.531. The van der Waals surface area contributed by atoms with E-state index in [4.69, 9.17) is 9.47 Å². The fraction of sp³-hybridized carbons (Fsp3) is 0.682. The SMILES string of the molecule is COc1ccc(NC2(C(=O)N3C[C@H]4[C@@H](CO)[C@@H]5CC[C@@]4(C3)O5)CCCC2)cc1. The van der Waals surface area contributed by atoms with E-state index in [0.717, 1.165) is 50.0 Å². The van der Waals surface area contributed by atoms with Crippen molar-refractivity contribution in [3.8, 4) is 5.75 Å². The molecule has 1 saturated carbocycles. The second-order valence-corrected chi connectivity index (χ2v) is 9.04. The van der Waals surface area contributed by atoms with Gasteiger partial charge in [0.25, 0.3) is 0 Å². The summed E-state index contributed by atoms with van der Waals surface area (Å²) >= 11 is 0. The predicted molar refractivity (Wildman–Crippen MR) is 105 cm³/mol. The summed E-state index contributed by atoms with van der Waals surface area (Å²) in [4.78, 5) is 15.7. The molecule has 0 radical (unpaired) electrons. The van der Waals surface area contributed by atoms with Crippen LogP contribution in [-0.4, -0.2) is 60.0 Å². The molecule has 3 heterocycles. The van der Waals surface area contributed by atoms with Crippen molar-refractivity contribution in [1.82, 2.24) is 4.90 Å². The number of aliphatic hydroxyl groups excluding tert-OH is 1. The van der Waals surface area contributed by atoms with Crippen molar-refractivity contribution in [1.29, 1.82) is 0 Å². The molecule has 1 aliphatic carbocycles. The topological polar surface area (TPSA) is 71.0 Å². The van der Waals surface area contributed by atoms with Gasteiger partial charge in [-0.25, -0.2) is 0 Å². The summed E-state index contributed by atoms with van der Waals surface area (Å²) in [5.41, 5.74) is 0.212. The number of carbonyl (C=O) groups excluding carboxylic acids is 1. The van der Waals surface area contributed by atoms with Gasteiger partial charge in [0.05, 0.1) is 25.4 Å². The highest BCUT2D eigenvalue weighted by molar-refractivity contribution is 5.90. The number of likely N-dealkylation sites (tertiary alicyclic amines) is 1. The number of methoxy groups -OCH3 is 1. The van der Waals surface area contributed by atoms with Crippen molar-refractivity contribution in [2.24, 2.45) is 11.8 Å². The Labute approximate surface area is 166 Å². The third kappa shape index (κ3) is 2.65. The number of carbonyl (C=O) groups is 1. The Balaban J connectivity index is 1.36. The lowest BCUT2D eigenvalue weighted by Gasteiger charge is -2.35. The molecule has 4 fully saturated rings. The molecule has 0 unspecified atom stereocenters. The first-order valence-corrected chi connectivity index (χ1v) is 10.6. The number of anilines is 1. The number of nitrogens with one attached hydrogen (secondary N) is 1. The van der Waals surface area contributed by atoms with E-state index in [9.17, 15) is 9.90 Å². The van der Waals surface area contributed by atoms with Crippen LogP contribution in [0.15, 0.2) is 24.3 Å². The second-order valence-electron chi connectivity index (χ2n) is 9.04. The van der Waals surface area contributed by atoms with Crippen LogP contribution < -0.4 is 10.1 Å². The molecule has 2 N–H and O–H groups in total. The normalized spacial score (nSPS) is 35.2. The van der Waals surface area contributed by atoms with E-state index in [0.29, 0.717) is 13.1 Å². The summed E-state index contributed by atoms with van der Waals surface area (Å²) in [6.45, 7) is 1.55. The third-order valence-electron chi connectivity index (χ3n) is 7.62. The van der Waals surface area contributed by atoms with E-state index < -0.39 is 5.54 Å². The number of fused-ring (bicyclic) bond motifs is 1. The number of aliphatic hydroxyl groups is 1.